The van der Waals surface area contributed by atoms with Crippen molar-refractivity contribution in [2.75, 3.05) is 6.61 Å². The van der Waals surface area contributed by atoms with Gasteiger partial charge in [0, 0.05) is 5.54 Å². The van der Waals surface area contributed by atoms with E-state index < -0.39 is 10.4 Å². The molecule has 0 radical (unpaired) electrons. The average molecular weight is 256 g/mol. The number of nitrogens with two attached hydrogens (primary N) is 1. The first kappa shape index (κ1) is 18.2. The van der Waals surface area contributed by atoms with Crippen LogP contribution in [-0.2, 0) is 14.6 Å². The molecule has 0 heterocycles. The second kappa shape index (κ2) is 7.97. The molecule has 7 heteroatoms. The molecular weight excluding hydrogens is 232 g/mol. The summed E-state index contributed by atoms with van der Waals surface area (Å²) in [7, 11) is -4.17. The molecule has 0 amide bonds. The van der Waals surface area contributed by atoms with Gasteiger partial charge in [-0.15, -0.1) is 0 Å². The highest BCUT2D eigenvalue weighted by Gasteiger charge is 2.11. The Balaban J connectivity index is 0. The van der Waals surface area contributed by atoms with E-state index in [0.29, 0.717) is 0 Å². The van der Waals surface area contributed by atoms with Gasteiger partial charge >= 0.3 is 10.4 Å². The van der Waals surface area contributed by atoms with E-state index in [9.17, 15) is 8.42 Å². The summed E-state index contributed by atoms with van der Waals surface area (Å²) in [6.45, 7) is 9.85. The van der Waals surface area contributed by atoms with Gasteiger partial charge in [0.25, 0.3) is 0 Å². The molecule has 0 saturated carbocycles. The first-order chi connectivity index (χ1) is 7.02. The lowest BCUT2D eigenvalue weighted by atomic mass is 10.1. The summed E-state index contributed by atoms with van der Waals surface area (Å²) in [6.07, 6.45) is 1.13. The van der Waals surface area contributed by atoms with Gasteiger partial charge < -0.3 is 5.73 Å². The quantitative estimate of drug-likeness (QED) is 0.510. The second-order valence-electron chi connectivity index (χ2n) is 4.24. The van der Waals surface area contributed by atoms with Crippen molar-refractivity contribution in [3.8, 4) is 0 Å². The highest BCUT2D eigenvalue weighted by atomic mass is 32.3. The fraction of sp³-hybridized carbons (Fsp3) is 1.00. The Morgan fingerprint density at radius 1 is 1.38 bits per heavy atom. The standard InChI is InChI=1S/C7H18N2.C2H6O4S/c1-5-6(8)9-7(2,3)4;1-2-6-7(3,4)5/h6,9H,5,8H2,1-4H3;2H2,1H3,(H,3,4,5). The van der Waals surface area contributed by atoms with Gasteiger partial charge in [-0.3, -0.25) is 9.87 Å². The largest absolute Gasteiger partial charge is 0.397 e. The monoisotopic (exact) mass is 256 g/mol. The van der Waals surface area contributed by atoms with Crippen molar-refractivity contribution >= 4 is 10.4 Å². The van der Waals surface area contributed by atoms with Crippen LogP contribution in [0, 0.1) is 0 Å². The molecule has 0 aliphatic carbocycles. The number of nitrogens with one attached hydrogen (secondary N) is 1. The molecule has 4 N–H and O–H groups in total. The van der Waals surface area contributed by atoms with Crippen LogP contribution in [0.1, 0.15) is 41.0 Å². The molecule has 0 aromatic carbocycles. The molecule has 0 aromatic rings. The summed E-state index contributed by atoms with van der Waals surface area (Å²) in [6, 6.07) is 0. The van der Waals surface area contributed by atoms with E-state index in [0.717, 1.165) is 6.42 Å². The summed E-state index contributed by atoms with van der Waals surface area (Å²) in [5.41, 5.74) is 5.80. The lowest BCUT2D eigenvalue weighted by molar-refractivity contribution is 0.283. The minimum atomic E-state index is -4.17. The molecule has 100 valence electrons. The van der Waals surface area contributed by atoms with Crippen molar-refractivity contribution in [3.63, 3.8) is 0 Å². The van der Waals surface area contributed by atoms with Crippen molar-refractivity contribution in [1.29, 1.82) is 0 Å². The molecule has 0 saturated heterocycles. The van der Waals surface area contributed by atoms with Gasteiger partial charge in [0.15, 0.2) is 0 Å². The fourth-order valence-corrected chi connectivity index (χ4v) is 1.11. The third kappa shape index (κ3) is 19.4. The molecule has 0 aromatic heterocycles. The summed E-state index contributed by atoms with van der Waals surface area (Å²) < 4.78 is 30.7. The van der Waals surface area contributed by atoms with Crippen LogP contribution in [0.15, 0.2) is 0 Å². The van der Waals surface area contributed by atoms with E-state index in [4.69, 9.17) is 10.3 Å². The fourth-order valence-electron chi connectivity index (χ4n) is 0.807. The maximum Gasteiger partial charge on any atom is 0.397 e. The second-order valence-corrected chi connectivity index (χ2v) is 5.33. The topological polar surface area (TPSA) is 102 Å². The van der Waals surface area contributed by atoms with Crippen LogP contribution in [0.4, 0.5) is 0 Å². The van der Waals surface area contributed by atoms with Gasteiger partial charge in [0.05, 0.1) is 12.8 Å². The maximum atomic E-state index is 9.56. The normalized spacial score (nSPS) is 13.9. The van der Waals surface area contributed by atoms with Crippen molar-refractivity contribution in [1.82, 2.24) is 5.32 Å². The first-order valence-electron chi connectivity index (χ1n) is 5.17. The summed E-state index contributed by atoms with van der Waals surface area (Å²) in [4.78, 5) is 0. The van der Waals surface area contributed by atoms with Crippen LogP contribution >= 0.6 is 0 Å². The minimum Gasteiger partial charge on any atom is -0.316 e. The zero-order valence-electron chi connectivity index (χ0n) is 10.6. The third-order valence-corrected chi connectivity index (χ3v) is 1.86. The lowest BCUT2D eigenvalue weighted by Gasteiger charge is -2.24. The Bertz CT molecular complexity index is 259. The zero-order valence-corrected chi connectivity index (χ0v) is 11.5. The smallest absolute Gasteiger partial charge is 0.316 e. The molecule has 6 nitrogen and oxygen atoms in total. The molecule has 1 atom stereocenters. The molecule has 0 aliphatic rings. The predicted octanol–water partition coefficient (Wildman–Crippen LogP) is 0.895. The zero-order chi connectivity index (χ0) is 13.4. The number of rotatable bonds is 4. The van der Waals surface area contributed by atoms with Gasteiger partial charge in [-0.25, -0.2) is 4.18 Å². The van der Waals surface area contributed by atoms with E-state index in [2.05, 4.69) is 37.2 Å². The Morgan fingerprint density at radius 2 is 1.81 bits per heavy atom. The van der Waals surface area contributed by atoms with E-state index in [1.807, 2.05) is 0 Å². The van der Waals surface area contributed by atoms with Crippen LogP contribution in [0.3, 0.4) is 0 Å². The highest BCUT2D eigenvalue weighted by Crippen LogP contribution is 1.99. The Morgan fingerprint density at radius 3 is 1.88 bits per heavy atom. The van der Waals surface area contributed by atoms with Gasteiger partial charge in [-0.05, 0) is 34.1 Å². The maximum absolute atomic E-state index is 9.56. The van der Waals surface area contributed by atoms with Crippen molar-refractivity contribution < 1.29 is 17.2 Å². The molecule has 1 unspecified atom stereocenters. The van der Waals surface area contributed by atoms with Crippen LogP contribution in [0.2, 0.25) is 0 Å². The molecule has 0 spiro atoms. The Hall–Kier alpha value is -0.210. The van der Waals surface area contributed by atoms with Crippen LogP contribution in [-0.4, -0.2) is 31.3 Å². The van der Waals surface area contributed by atoms with E-state index in [1.165, 1.54) is 6.92 Å². The van der Waals surface area contributed by atoms with E-state index in [1.54, 1.807) is 0 Å². The summed E-state index contributed by atoms with van der Waals surface area (Å²) in [5.74, 6) is 0. The van der Waals surface area contributed by atoms with Gasteiger partial charge in [0.1, 0.15) is 0 Å². The Kier molecular flexibility index (Phi) is 9.04. The van der Waals surface area contributed by atoms with Crippen LogP contribution in [0.5, 0.6) is 0 Å². The van der Waals surface area contributed by atoms with Crippen molar-refractivity contribution in [2.24, 2.45) is 5.73 Å². The number of hydrogen-bond donors (Lipinski definition) is 3. The molecule has 0 aliphatic heterocycles. The van der Waals surface area contributed by atoms with E-state index in [-0.39, 0.29) is 18.3 Å². The van der Waals surface area contributed by atoms with Gasteiger partial charge in [-0.1, -0.05) is 6.92 Å². The van der Waals surface area contributed by atoms with Crippen LogP contribution < -0.4 is 11.1 Å². The number of hydrogen-bond acceptors (Lipinski definition) is 5. The lowest BCUT2D eigenvalue weighted by Crippen LogP contribution is -2.47. The summed E-state index contributed by atoms with van der Waals surface area (Å²) >= 11 is 0. The van der Waals surface area contributed by atoms with Crippen LogP contribution in [0.25, 0.3) is 0 Å². The highest BCUT2D eigenvalue weighted by molar-refractivity contribution is 7.80. The van der Waals surface area contributed by atoms with Gasteiger partial charge in [0.2, 0.25) is 0 Å². The first-order valence-corrected chi connectivity index (χ1v) is 6.53. The molecule has 0 fully saturated rings. The molecule has 0 bridgehead atoms. The molecule has 0 rings (SSSR count). The molecular formula is C9H24N2O4S. The predicted molar refractivity (Wildman–Crippen MR) is 64.3 cm³/mol. The van der Waals surface area contributed by atoms with E-state index >= 15 is 0 Å². The third-order valence-electron chi connectivity index (χ3n) is 1.33. The SMILES string of the molecule is CCC(N)NC(C)(C)C.CCOS(=O)(=O)O. The van der Waals surface area contributed by atoms with Crippen molar-refractivity contribution in [3.05, 3.63) is 0 Å². The molecule has 16 heavy (non-hydrogen) atoms. The minimum absolute atomic E-state index is 0.0289. The van der Waals surface area contributed by atoms with Crippen molar-refractivity contribution in [2.45, 2.75) is 52.7 Å². The van der Waals surface area contributed by atoms with Gasteiger partial charge in [-0.2, -0.15) is 8.42 Å². The summed E-state index contributed by atoms with van der Waals surface area (Å²) in [5, 5.41) is 3.25. The Labute approximate surface area is 98.5 Å². The average Bonchev–Trinajstić information content (AvgIpc) is 1.99.